The predicted molar refractivity (Wildman–Crippen MR) is 99.0 cm³/mol. The van der Waals surface area contributed by atoms with Crippen LogP contribution < -0.4 is 16.2 Å². The number of halogens is 1. The molecule has 0 aliphatic carbocycles. The van der Waals surface area contributed by atoms with E-state index in [1.807, 2.05) is 0 Å². The fourth-order valence-electron chi connectivity index (χ4n) is 1.90. The molecule has 2 rings (SSSR count). The van der Waals surface area contributed by atoms with Crippen molar-refractivity contribution in [1.82, 2.24) is 4.98 Å². The molecule has 8 heteroatoms. The first-order valence-electron chi connectivity index (χ1n) is 7.44. The molecule has 2 amide bonds. The lowest BCUT2D eigenvalue weighted by Crippen LogP contribution is -2.27. The molecule has 0 radical (unpaired) electrons. The molecule has 0 bridgehead atoms. The number of anilines is 2. The number of amides is 2. The van der Waals surface area contributed by atoms with Crippen LogP contribution in [0, 0.1) is 0 Å². The Morgan fingerprint density at radius 1 is 1.16 bits per heavy atom. The molecule has 0 atom stereocenters. The van der Waals surface area contributed by atoms with E-state index in [4.69, 9.17) is 4.74 Å². The Hall–Kier alpha value is -2.61. The number of hydrogen-bond donors (Lipinski definition) is 3. The van der Waals surface area contributed by atoms with Gasteiger partial charge in [0.15, 0.2) is 0 Å². The molecular formula is C17H18BrN3O4. The quantitative estimate of drug-likeness (QED) is 0.721. The highest BCUT2D eigenvalue weighted by molar-refractivity contribution is 9.10. The number of hydrogen-bond acceptors (Lipinski definition) is 4. The zero-order valence-corrected chi connectivity index (χ0v) is 15.6. The first kappa shape index (κ1) is 18.7. The molecule has 0 aliphatic rings. The number of carbonyl (C=O) groups excluding carboxylic acids is 2. The molecule has 0 fully saturated rings. The summed E-state index contributed by atoms with van der Waals surface area (Å²) < 4.78 is 5.79. The first-order chi connectivity index (χ1) is 11.6. The molecule has 0 spiro atoms. The van der Waals surface area contributed by atoms with E-state index < -0.39 is 23.2 Å². The summed E-state index contributed by atoms with van der Waals surface area (Å²) in [5.41, 5.74) is -0.233. The van der Waals surface area contributed by atoms with Crippen molar-refractivity contribution in [2.45, 2.75) is 26.4 Å². The van der Waals surface area contributed by atoms with Gasteiger partial charge in [-0.25, -0.2) is 4.79 Å². The molecule has 25 heavy (non-hydrogen) atoms. The number of benzene rings is 1. The van der Waals surface area contributed by atoms with Gasteiger partial charge in [0.05, 0.1) is 0 Å². The van der Waals surface area contributed by atoms with E-state index in [0.717, 1.165) is 0 Å². The summed E-state index contributed by atoms with van der Waals surface area (Å²) in [6.45, 7) is 5.27. The number of pyridine rings is 1. The highest BCUT2D eigenvalue weighted by Crippen LogP contribution is 2.15. The van der Waals surface area contributed by atoms with Crippen molar-refractivity contribution in [3.8, 4) is 0 Å². The minimum absolute atomic E-state index is 0.116. The Morgan fingerprint density at radius 2 is 1.88 bits per heavy atom. The highest BCUT2D eigenvalue weighted by Gasteiger charge is 2.17. The first-order valence-corrected chi connectivity index (χ1v) is 8.23. The normalized spacial score (nSPS) is 10.9. The summed E-state index contributed by atoms with van der Waals surface area (Å²) in [5, 5.41) is 5.09. The van der Waals surface area contributed by atoms with Crippen LogP contribution in [0.1, 0.15) is 31.1 Å². The number of aromatic nitrogens is 1. The van der Waals surface area contributed by atoms with Crippen LogP contribution in [0.25, 0.3) is 0 Å². The average molecular weight is 408 g/mol. The summed E-state index contributed by atoms with van der Waals surface area (Å²) in [6, 6.07) is 7.81. The molecule has 0 aliphatic heterocycles. The van der Waals surface area contributed by atoms with Crippen LogP contribution in [0.15, 0.2) is 45.8 Å². The molecule has 0 unspecified atom stereocenters. The fourth-order valence-corrected chi connectivity index (χ4v) is 2.25. The fraction of sp³-hybridized carbons (Fsp3) is 0.235. The van der Waals surface area contributed by atoms with Crippen molar-refractivity contribution in [2.24, 2.45) is 0 Å². The van der Waals surface area contributed by atoms with E-state index in [1.54, 1.807) is 39.0 Å². The van der Waals surface area contributed by atoms with Gasteiger partial charge in [0, 0.05) is 21.9 Å². The zero-order valence-electron chi connectivity index (χ0n) is 14.0. The van der Waals surface area contributed by atoms with Crippen LogP contribution in [0.5, 0.6) is 0 Å². The van der Waals surface area contributed by atoms with Crippen LogP contribution in [-0.2, 0) is 4.74 Å². The van der Waals surface area contributed by atoms with Crippen LogP contribution >= 0.6 is 15.9 Å². The molecule has 1 heterocycles. The second-order valence-corrected chi connectivity index (χ2v) is 7.14. The summed E-state index contributed by atoms with van der Waals surface area (Å²) in [6.07, 6.45) is 0.858. The van der Waals surface area contributed by atoms with Gasteiger partial charge >= 0.3 is 6.09 Å². The number of rotatable bonds is 3. The van der Waals surface area contributed by atoms with Gasteiger partial charge in [0.2, 0.25) is 0 Å². The van der Waals surface area contributed by atoms with E-state index in [2.05, 4.69) is 31.5 Å². The Morgan fingerprint density at radius 3 is 2.56 bits per heavy atom. The monoisotopic (exact) mass is 407 g/mol. The smallest absolute Gasteiger partial charge is 0.412 e. The molecule has 1 aromatic carbocycles. The standard InChI is InChI=1S/C17H18BrN3O4/c1-17(2,3)25-16(24)20-12-6-4-5-10(7-12)14(22)21-13-8-11(18)9-19-15(13)23/h4-9H,1-3H3,(H,19,23)(H,20,24)(H,21,22). The minimum atomic E-state index is -0.624. The van der Waals surface area contributed by atoms with Crippen molar-refractivity contribution < 1.29 is 14.3 Å². The Labute approximate surface area is 152 Å². The topological polar surface area (TPSA) is 100 Å². The van der Waals surface area contributed by atoms with Crippen molar-refractivity contribution in [1.29, 1.82) is 0 Å². The maximum absolute atomic E-state index is 12.3. The summed E-state index contributed by atoms with van der Waals surface area (Å²) >= 11 is 3.22. The second-order valence-electron chi connectivity index (χ2n) is 6.22. The lowest BCUT2D eigenvalue weighted by Gasteiger charge is -2.19. The van der Waals surface area contributed by atoms with Crippen LogP contribution in [-0.4, -0.2) is 22.6 Å². The zero-order chi connectivity index (χ0) is 18.6. The number of nitrogens with one attached hydrogen (secondary N) is 3. The van der Waals surface area contributed by atoms with E-state index in [9.17, 15) is 14.4 Å². The molecule has 7 nitrogen and oxygen atoms in total. The third kappa shape index (κ3) is 5.75. The Bertz CT molecular complexity index is 855. The van der Waals surface area contributed by atoms with Gasteiger partial charge in [-0.1, -0.05) is 6.07 Å². The Kier molecular flexibility index (Phi) is 5.63. The molecular weight excluding hydrogens is 390 g/mol. The SMILES string of the molecule is CC(C)(C)OC(=O)Nc1cccc(C(=O)Nc2cc(Br)c[nH]c2=O)c1. The van der Waals surface area contributed by atoms with Crippen molar-refractivity contribution in [3.05, 3.63) is 56.9 Å². The van der Waals surface area contributed by atoms with Gasteiger partial charge in [0.1, 0.15) is 11.3 Å². The van der Waals surface area contributed by atoms with E-state index in [0.29, 0.717) is 10.2 Å². The lowest BCUT2D eigenvalue weighted by molar-refractivity contribution is 0.0635. The third-order valence-electron chi connectivity index (χ3n) is 2.89. The molecule has 2 aromatic rings. The van der Waals surface area contributed by atoms with Gasteiger partial charge in [-0.2, -0.15) is 0 Å². The predicted octanol–water partition coefficient (Wildman–Crippen LogP) is 3.74. The third-order valence-corrected chi connectivity index (χ3v) is 3.34. The molecule has 3 N–H and O–H groups in total. The second kappa shape index (κ2) is 7.52. The number of carbonyl (C=O) groups is 2. The molecule has 1 aromatic heterocycles. The van der Waals surface area contributed by atoms with Crippen LogP contribution in [0.4, 0.5) is 16.2 Å². The average Bonchev–Trinajstić information content (AvgIpc) is 2.49. The summed E-state index contributed by atoms with van der Waals surface area (Å²) in [7, 11) is 0. The lowest BCUT2D eigenvalue weighted by atomic mass is 10.2. The molecule has 132 valence electrons. The van der Waals surface area contributed by atoms with Crippen molar-refractivity contribution in [2.75, 3.05) is 10.6 Å². The highest BCUT2D eigenvalue weighted by atomic mass is 79.9. The van der Waals surface area contributed by atoms with Crippen LogP contribution in [0.3, 0.4) is 0 Å². The Balaban J connectivity index is 2.12. The largest absolute Gasteiger partial charge is 0.444 e. The van der Waals surface area contributed by atoms with E-state index in [1.165, 1.54) is 18.3 Å². The number of aromatic amines is 1. The van der Waals surface area contributed by atoms with Gasteiger partial charge in [-0.15, -0.1) is 0 Å². The minimum Gasteiger partial charge on any atom is -0.444 e. The van der Waals surface area contributed by atoms with Crippen LogP contribution in [0.2, 0.25) is 0 Å². The van der Waals surface area contributed by atoms with E-state index in [-0.39, 0.29) is 11.3 Å². The van der Waals surface area contributed by atoms with Gasteiger partial charge in [-0.05, 0) is 61.0 Å². The van der Waals surface area contributed by atoms with Crippen molar-refractivity contribution in [3.63, 3.8) is 0 Å². The number of H-pyrrole nitrogens is 1. The molecule has 0 saturated heterocycles. The van der Waals surface area contributed by atoms with Gasteiger partial charge in [-0.3, -0.25) is 14.9 Å². The van der Waals surface area contributed by atoms with Gasteiger partial charge in [0.25, 0.3) is 11.5 Å². The summed E-state index contributed by atoms with van der Waals surface area (Å²) in [4.78, 5) is 38.3. The summed E-state index contributed by atoms with van der Waals surface area (Å²) in [5.74, 6) is -0.476. The van der Waals surface area contributed by atoms with E-state index >= 15 is 0 Å². The van der Waals surface area contributed by atoms with Gasteiger partial charge < -0.3 is 15.0 Å². The van der Waals surface area contributed by atoms with Crippen molar-refractivity contribution >= 4 is 39.3 Å². The molecule has 0 saturated carbocycles. The maximum atomic E-state index is 12.3. The maximum Gasteiger partial charge on any atom is 0.412 e. The number of ether oxygens (including phenoxy) is 1.